The molecular formula is C16H15NO3. The number of carbonyl (C=O) groups excluding carboxylic acids is 1. The molecule has 1 aromatic carbocycles. The first-order chi connectivity index (χ1) is 9.78. The number of methoxy groups -OCH3 is 1. The summed E-state index contributed by atoms with van der Waals surface area (Å²) in [5.74, 6) is 0.0892. The van der Waals surface area contributed by atoms with E-state index in [0.29, 0.717) is 5.75 Å². The van der Waals surface area contributed by atoms with Gasteiger partial charge in [0.25, 0.3) is 0 Å². The van der Waals surface area contributed by atoms with Crippen LogP contribution in [0.2, 0.25) is 0 Å². The van der Waals surface area contributed by atoms with E-state index in [9.17, 15) is 4.79 Å². The van der Waals surface area contributed by atoms with E-state index in [0.717, 1.165) is 11.3 Å². The number of carbonyl (C=O) groups is 1. The minimum absolute atomic E-state index is 0.0542. The van der Waals surface area contributed by atoms with Crippen molar-refractivity contribution in [2.24, 2.45) is 0 Å². The second-order valence-electron chi connectivity index (χ2n) is 4.06. The fourth-order valence-electron chi connectivity index (χ4n) is 1.58. The Morgan fingerprint density at radius 3 is 2.60 bits per heavy atom. The molecule has 0 spiro atoms. The van der Waals surface area contributed by atoms with Crippen LogP contribution in [0, 0.1) is 0 Å². The van der Waals surface area contributed by atoms with Crippen LogP contribution in [-0.2, 0) is 9.53 Å². The number of ether oxygens (including phenoxy) is 2. The number of nitrogens with zero attached hydrogens (tertiary/aromatic N) is 1. The fourth-order valence-corrected chi connectivity index (χ4v) is 1.58. The number of esters is 1. The van der Waals surface area contributed by atoms with Gasteiger partial charge in [0.2, 0.25) is 0 Å². The van der Waals surface area contributed by atoms with Crippen molar-refractivity contribution >= 4 is 18.1 Å². The lowest BCUT2D eigenvalue weighted by molar-refractivity contribution is -0.138. The number of rotatable bonds is 5. The quantitative estimate of drug-likeness (QED) is 0.618. The van der Waals surface area contributed by atoms with Crippen molar-refractivity contribution in [3.8, 4) is 5.75 Å². The summed E-state index contributed by atoms with van der Waals surface area (Å²) in [6.07, 6.45) is 5.62. The van der Waals surface area contributed by atoms with Gasteiger partial charge >= 0.3 is 5.97 Å². The van der Waals surface area contributed by atoms with E-state index >= 15 is 0 Å². The van der Waals surface area contributed by atoms with Crippen LogP contribution in [0.25, 0.3) is 12.2 Å². The Bertz CT molecular complexity index is 576. The molecule has 2 rings (SSSR count). The molecular weight excluding hydrogens is 254 g/mol. The lowest BCUT2D eigenvalue weighted by Crippen LogP contribution is -2.13. The Morgan fingerprint density at radius 1 is 1.15 bits per heavy atom. The summed E-state index contributed by atoms with van der Waals surface area (Å²) in [7, 11) is 1.45. The van der Waals surface area contributed by atoms with Crippen LogP contribution in [0.4, 0.5) is 0 Å². The van der Waals surface area contributed by atoms with Gasteiger partial charge in [0.05, 0.1) is 5.69 Å². The lowest BCUT2D eigenvalue weighted by atomic mass is 10.2. The summed E-state index contributed by atoms with van der Waals surface area (Å²) in [5, 5.41) is 0. The predicted molar refractivity (Wildman–Crippen MR) is 77.1 cm³/mol. The number of hydrogen-bond donors (Lipinski definition) is 0. The second-order valence-corrected chi connectivity index (χ2v) is 4.06. The van der Waals surface area contributed by atoms with Gasteiger partial charge in [0.15, 0.2) is 0 Å². The minimum Gasteiger partial charge on any atom is -0.425 e. The fraction of sp³-hybridized carbons (Fsp3) is 0.125. The zero-order valence-electron chi connectivity index (χ0n) is 11.2. The van der Waals surface area contributed by atoms with Gasteiger partial charge in [-0.25, -0.2) is 4.79 Å². The predicted octanol–water partition coefficient (Wildman–Crippen LogP) is 2.80. The summed E-state index contributed by atoms with van der Waals surface area (Å²) >= 11 is 0. The van der Waals surface area contributed by atoms with Gasteiger partial charge < -0.3 is 9.47 Å². The molecule has 0 aliphatic rings. The molecule has 0 saturated carbocycles. The molecule has 102 valence electrons. The molecule has 1 heterocycles. The van der Waals surface area contributed by atoms with Crippen LogP contribution in [0.5, 0.6) is 5.75 Å². The summed E-state index contributed by atoms with van der Waals surface area (Å²) in [4.78, 5) is 15.4. The molecule has 0 bridgehead atoms. The average molecular weight is 269 g/mol. The summed E-state index contributed by atoms with van der Waals surface area (Å²) < 4.78 is 9.77. The molecule has 4 nitrogen and oxygen atoms in total. The number of hydrogen-bond acceptors (Lipinski definition) is 4. The molecule has 4 heteroatoms. The van der Waals surface area contributed by atoms with Crippen molar-refractivity contribution in [3.63, 3.8) is 0 Å². The van der Waals surface area contributed by atoms with Gasteiger partial charge in [-0.2, -0.15) is 0 Å². The van der Waals surface area contributed by atoms with Crippen molar-refractivity contribution in [3.05, 3.63) is 59.9 Å². The summed E-state index contributed by atoms with van der Waals surface area (Å²) in [5.41, 5.74) is 1.89. The molecule has 0 aliphatic carbocycles. The third kappa shape index (κ3) is 4.33. The van der Waals surface area contributed by atoms with Crippen LogP contribution in [-0.4, -0.2) is 24.7 Å². The van der Waals surface area contributed by atoms with Crippen LogP contribution in [0.3, 0.4) is 0 Å². The van der Waals surface area contributed by atoms with E-state index in [-0.39, 0.29) is 6.61 Å². The first-order valence-electron chi connectivity index (χ1n) is 6.17. The number of benzene rings is 1. The van der Waals surface area contributed by atoms with Crippen LogP contribution in [0.15, 0.2) is 48.7 Å². The van der Waals surface area contributed by atoms with Gasteiger partial charge in [-0.1, -0.05) is 24.3 Å². The zero-order chi connectivity index (χ0) is 14.2. The number of aromatic nitrogens is 1. The standard InChI is InChI=1S/C16H15NO3/c1-19-12-16(18)20-15-9-6-13(7-10-15)5-8-14-4-2-3-11-17-14/h2-11H,12H2,1H3/b8-5+. The molecule has 2 aromatic rings. The molecule has 0 unspecified atom stereocenters. The van der Waals surface area contributed by atoms with Gasteiger partial charge in [0, 0.05) is 13.3 Å². The SMILES string of the molecule is COCC(=O)Oc1ccc(/C=C/c2ccccn2)cc1. The Balaban J connectivity index is 1.98. The first kappa shape index (κ1) is 14.0. The molecule has 0 atom stereocenters. The van der Waals surface area contributed by atoms with E-state index < -0.39 is 5.97 Å². The Labute approximate surface area is 117 Å². The maximum Gasteiger partial charge on any atom is 0.337 e. The molecule has 0 aliphatic heterocycles. The third-order valence-electron chi connectivity index (χ3n) is 2.51. The van der Waals surface area contributed by atoms with Gasteiger partial charge in [-0.15, -0.1) is 0 Å². The van der Waals surface area contributed by atoms with Crippen LogP contribution >= 0.6 is 0 Å². The van der Waals surface area contributed by atoms with Crippen molar-refractivity contribution in [2.45, 2.75) is 0 Å². The highest BCUT2D eigenvalue weighted by molar-refractivity contribution is 5.74. The zero-order valence-corrected chi connectivity index (χ0v) is 11.2. The average Bonchev–Trinajstić information content (AvgIpc) is 2.48. The van der Waals surface area contributed by atoms with Gasteiger partial charge in [0.1, 0.15) is 12.4 Å². The third-order valence-corrected chi connectivity index (χ3v) is 2.51. The molecule has 0 radical (unpaired) electrons. The van der Waals surface area contributed by atoms with Gasteiger partial charge in [-0.05, 0) is 35.9 Å². The van der Waals surface area contributed by atoms with Crippen molar-refractivity contribution in [1.29, 1.82) is 0 Å². The summed E-state index contributed by atoms with van der Waals surface area (Å²) in [6.45, 7) is -0.0542. The van der Waals surface area contributed by atoms with E-state index in [1.54, 1.807) is 18.3 Å². The van der Waals surface area contributed by atoms with Crippen LogP contribution < -0.4 is 4.74 Å². The van der Waals surface area contributed by atoms with Gasteiger partial charge in [-0.3, -0.25) is 4.98 Å². The van der Waals surface area contributed by atoms with E-state index in [1.165, 1.54) is 7.11 Å². The lowest BCUT2D eigenvalue weighted by Gasteiger charge is -2.03. The monoisotopic (exact) mass is 269 g/mol. The largest absolute Gasteiger partial charge is 0.425 e. The van der Waals surface area contributed by atoms with E-state index in [4.69, 9.17) is 9.47 Å². The Hall–Kier alpha value is -2.46. The van der Waals surface area contributed by atoms with Crippen molar-refractivity contribution in [2.75, 3.05) is 13.7 Å². The normalized spacial score (nSPS) is 10.7. The summed E-state index contributed by atoms with van der Waals surface area (Å²) in [6, 6.07) is 13.0. The molecule has 0 saturated heterocycles. The Kier molecular flexibility index (Phi) is 5.03. The topological polar surface area (TPSA) is 48.4 Å². The maximum atomic E-state index is 11.2. The number of pyridine rings is 1. The second kappa shape index (κ2) is 7.21. The highest BCUT2D eigenvalue weighted by atomic mass is 16.6. The molecule has 20 heavy (non-hydrogen) atoms. The van der Waals surface area contributed by atoms with Crippen molar-refractivity contribution < 1.29 is 14.3 Å². The maximum absolute atomic E-state index is 11.2. The van der Waals surface area contributed by atoms with E-state index in [2.05, 4.69) is 4.98 Å². The Morgan fingerprint density at radius 2 is 1.95 bits per heavy atom. The van der Waals surface area contributed by atoms with Crippen molar-refractivity contribution in [1.82, 2.24) is 4.98 Å². The van der Waals surface area contributed by atoms with Crippen LogP contribution in [0.1, 0.15) is 11.3 Å². The smallest absolute Gasteiger partial charge is 0.337 e. The first-order valence-corrected chi connectivity index (χ1v) is 6.17. The highest BCUT2D eigenvalue weighted by Gasteiger charge is 2.02. The minimum atomic E-state index is -0.413. The molecule has 0 N–H and O–H groups in total. The molecule has 0 fully saturated rings. The molecule has 0 amide bonds. The van der Waals surface area contributed by atoms with E-state index in [1.807, 2.05) is 42.5 Å². The highest BCUT2D eigenvalue weighted by Crippen LogP contribution is 2.14. The molecule has 1 aromatic heterocycles.